The van der Waals surface area contributed by atoms with E-state index in [9.17, 15) is 22.8 Å². The Bertz CT molecular complexity index is 990. The molecule has 0 unspecified atom stereocenters. The first-order chi connectivity index (χ1) is 13.6. The van der Waals surface area contributed by atoms with Crippen molar-refractivity contribution in [2.75, 3.05) is 16.8 Å². The van der Waals surface area contributed by atoms with Crippen molar-refractivity contribution < 1.29 is 22.8 Å². The van der Waals surface area contributed by atoms with E-state index in [1.165, 1.54) is 0 Å². The van der Waals surface area contributed by atoms with Gasteiger partial charge in [-0.1, -0.05) is 45.9 Å². The van der Waals surface area contributed by atoms with E-state index in [-0.39, 0.29) is 18.4 Å². The first-order valence-corrected chi connectivity index (χ1v) is 9.59. The number of imide groups is 1. The molecule has 0 saturated carbocycles. The van der Waals surface area contributed by atoms with Crippen molar-refractivity contribution in [3.63, 3.8) is 0 Å². The minimum Gasteiger partial charge on any atom is -0.382 e. The zero-order valence-corrected chi connectivity index (χ0v) is 17.0. The van der Waals surface area contributed by atoms with Crippen molar-refractivity contribution in [2.24, 2.45) is 0 Å². The van der Waals surface area contributed by atoms with Crippen LogP contribution in [-0.2, 0) is 0 Å². The third kappa shape index (κ3) is 3.09. The molecule has 1 N–H and O–H groups in total. The molecule has 4 nitrogen and oxygen atoms in total. The fraction of sp³-hybridized carbons (Fsp3) is 0.364. The van der Waals surface area contributed by atoms with Gasteiger partial charge in [-0.2, -0.15) is 0 Å². The number of amides is 2. The Kier molecular flexibility index (Phi) is 5.43. The fourth-order valence-electron chi connectivity index (χ4n) is 3.71. The molecule has 29 heavy (non-hydrogen) atoms. The molecule has 0 bridgehead atoms. The lowest BCUT2D eigenvalue weighted by atomic mass is 9.92. The molecule has 3 rings (SSSR count). The standard InChI is InChI=1S/C22H23F3N2O2/c1-6-26-19-15-14(16(23)17(24)18(19)25)21(28)27(22(15)29)20-12(10(2)3)8-7-9-13(20)11(4)5/h7-11,26H,6H2,1-5H3. The Hall–Kier alpha value is -2.83. The molecule has 0 fully saturated rings. The molecular weight excluding hydrogens is 381 g/mol. The van der Waals surface area contributed by atoms with Crippen LogP contribution in [0.1, 0.15) is 78.3 Å². The van der Waals surface area contributed by atoms with Crippen LogP contribution in [0.4, 0.5) is 24.5 Å². The third-order valence-corrected chi connectivity index (χ3v) is 5.08. The zero-order chi connectivity index (χ0) is 21.6. The van der Waals surface area contributed by atoms with E-state index >= 15 is 0 Å². The summed E-state index contributed by atoms with van der Waals surface area (Å²) >= 11 is 0. The summed E-state index contributed by atoms with van der Waals surface area (Å²) in [4.78, 5) is 27.3. The fourth-order valence-corrected chi connectivity index (χ4v) is 3.71. The number of para-hydroxylation sites is 1. The number of hydrogen-bond acceptors (Lipinski definition) is 3. The van der Waals surface area contributed by atoms with Gasteiger partial charge in [0.05, 0.1) is 22.5 Å². The monoisotopic (exact) mass is 404 g/mol. The number of nitrogens with zero attached hydrogens (tertiary/aromatic N) is 1. The largest absolute Gasteiger partial charge is 0.382 e. The van der Waals surface area contributed by atoms with Crippen LogP contribution in [0, 0.1) is 17.5 Å². The lowest BCUT2D eigenvalue weighted by Gasteiger charge is -2.25. The van der Waals surface area contributed by atoms with E-state index in [1.54, 1.807) is 19.1 Å². The Balaban J connectivity index is 2.34. The van der Waals surface area contributed by atoms with E-state index in [4.69, 9.17) is 0 Å². The third-order valence-electron chi connectivity index (χ3n) is 5.08. The molecule has 0 radical (unpaired) electrons. The molecule has 2 aromatic carbocycles. The summed E-state index contributed by atoms with van der Waals surface area (Å²) in [5.41, 5.74) is 0.0930. The highest BCUT2D eigenvalue weighted by Crippen LogP contribution is 2.42. The van der Waals surface area contributed by atoms with Crippen molar-refractivity contribution in [1.82, 2.24) is 0 Å². The van der Waals surface area contributed by atoms with Gasteiger partial charge in [-0.25, -0.2) is 18.1 Å². The first-order valence-electron chi connectivity index (χ1n) is 9.59. The molecule has 1 aliphatic rings. The molecule has 0 aliphatic carbocycles. The molecule has 7 heteroatoms. The number of carbonyl (C=O) groups is 2. The number of fused-ring (bicyclic) bond motifs is 1. The molecule has 0 atom stereocenters. The quantitative estimate of drug-likeness (QED) is 0.523. The summed E-state index contributed by atoms with van der Waals surface area (Å²) in [6.45, 7) is 9.42. The Morgan fingerprint density at radius 2 is 1.38 bits per heavy atom. The van der Waals surface area contributed by atoms with Crippen molar-refractivity contribution >= 4 is 23.2 Å². The van der Waals surface area contributed by atoms with Crippen molar-refractivity contribution in [1.29, 1.82) is 0 Å². The lowest BCUT2D eigenvalue weighted by Crippen LogP contribution is -2.32. The van der Waals surface area contributed by atoms with Gasteiger partial charge in [0.2, 0.25) is 0 Å². The van der Waals surface area contributed by atoms with E-state index in [1.807, 2.05) is 33.8 Å². The predicted molar refractivity (Wildman–Crippen MR) is 106 cm³/mol. The number of hydrogen-bond donors (Lipinski definition) is 1. The predicted octanol–water partition coefficient (Wildman–Crippen LogP) is 5.58. The van der Waals surface area contributed by atoms with Gasteiger partial charge in [0.15, 0.2) is 17.5 Å². The minimum absolute atomic E-state index is 0.0421. The van der Waals surface area contributed by atoms with Crippen LogP contribution in [0.5, 0.6) is 0 Å². The van der Waals surface area contributed by atoms with Crippen LogP contribution < -0.4 is 10.2 Å². The second-order valence-electron chi connectivity index (χ2n) is 7.64. The molecular formula is C22H23F3N2O2. The number of anilines is 2. The van der Waals surface area contributed by atoms with Crippen molar-refractivity contribution in [3.05, 3.63) is 57.9 Å². The van der Waals surface area contributed by atoms with Crippen LogP contribution in [0.3, 0.4) is 0 Å². The average molecular weight is 404 g/mol. The van der Waals surface area contributed by atoms with Crippen LogP contribution in [-0.4, -0.2) is 18.4 Å². The highest BCUT2D eigenvalue weighted by atomic mass is 19.2. The minimum atomic E-state index is -1.77. The Morgan fingerprint density at radius 3 is 1.86 bits per heavy atom. The van der Waals surface area contributed by atoms with Crippen LogP contribution in [0.25, 0.3) is 0 Å². The van der Waals surface area contributed by atoms with Gasteiger partial charge in [0.25, 0.3) is 11.8 Å². The summed E-state index contributed by atoms with van der Waals surface area (Å²) in [6.07, 6.45) is 0. The molecule has 1 heterocycles. The van der Waals surface area contributed by atoms with Crippen molar-refractivity contribution in [2.45, 2.75) is 46.5 Å². The topological polar surface area (TPSA) is 49.4 Å². The van der Waals surface area contributed by atoms with Gasteiger partial charge in [-0.3, -0.25) is 9.59 Å². The van der Waals surface area contributed by atoms with E-state index < -0.39 is 46.1 Å². The normalized spacial score (nSPS) is 13.7. The van der Waals surface area contributed by atoms with Gasteiger partial charge in [-0.05, 0) is 29.9 Å². The Morgan fingerprint density at radius 1 is 0.862 bits per heavy atom. The second kappa shape index (κ2) is 7.54. The van der Waals surface area contributed by atoms with E-state index in [2.05, 4.69) is 5.32 Å². The van der Waals surface area contributed by atoms with E-state index in [0.717, 1.165) is 16.0 Å². The average Bonchev–Trinajstić information content (AvgIpc) is 2.93. The Labute approximate surface area is 167 Å². The van der Waals surface area contributed by atoms with Crippen LogP contribution in [0.2, 0.25) is 0 Å². The van der Waals surface area contributed by atoms with Crippen LogP contribution in [0.15, 0.2) is 18.2 Å². The lowest BCUT2D eigenvalue weighted by molar-refractivity contribution is 0.0924. The number of rotatable bonds is 5. The van der Waals surface area contributed by atoms with Gasteiger partial charge in [0, 0.05) is 6.54 Å². The second-order valence-corrected chi connectivity index (χ2v) is 7.64. The summed E-state index contributed by atoms with van der Waals surface area (Å²) in [5.74, 6) is -6.87. The summed E-state index contributed by atoms with van der Waals surface area (Å²) in [7, 11) is 0. The summed E-state index contributed by atoms with van der Waals surface area (Å²) in [6, 6.07) is 5.41. The number of benzene rings is 2. The molecule has 2 aromatic rings. The maximum absolute atomic E-state index is 14.6. The van der Waals surface area contributed by atoms with Gasteiger partial charge < -0.3 is 5.32 Å². The maximum Gasteiger partial charge on any atom is 0.269 e. The SMILES string of the molecule is CCNc1c(F)c(F)c(F)c2c1C(=O)N(c1c(C(C)C)cccc1C(C)C)C2=O. The smallest absolute Gasteiger partial charge is 0.269 e. The number of nitrogens with one attached hydrogen (secondary N) is 1. The van der Waals surface area contributed by atoms with Crippen LogP contribution >= 0.6 is 0 Å². The zero-order valence-electron chi connectivity index (χ0n) is 17.0. The number of carbonyl (C=O) groups excluding carboxylic acids is 2. The molecule has 0 saturated heterocycles. The van der Waals surface area contributed by atoms with Gasteiger partial charge in [-0.15, -0.1) is 0 Å². The summed E-state index contributed by atoms with van der Waals surface area (Å²) < 4.78 is 43.1. The molecule has 154 valence electrons. The molecule has 0 spiro atoms. The number of halogens is 3. The van der Waals surface area contributed by atoms with Crippen molar-refractivity contribution in [3.8, 4) is 0 Å². The summed E-state index contributed by atoms with van der Waals surface area (Å²) in [5, 5.41) is 2.56. The maximum atomic E-state index is 14.6. The first kappa shape index (κ1) is 20.9. The molecule has 0 aromatic heterocycles. The molecule has 1 aliphatic heterocycles. The highest BCUT2D eigenvalue weighted by molar-refractivity contribution is 6.36. The highest BCUT2D eigenvalue weighted by Gasteiger charge is 2.45. The van der Waals surface area contributed by atoms with Gasteiger partial charge in [0.1, 0.15) is 0 Å². The van der Waals surface area contributed by atoms with Gasteiger partial charge >= 0.3 is 0 Å². The molecule has 2 amide bonds. The van der Waals surface area contributed by atoms with E-state index in [0.29, 0.717) is 5.69 Å².